The monoisotopic (exact) mass is 547 g/mol. The first-order chi connectivity index (χ1) is 18.9. The van der Waals surface area contributed by atoms with Gasteiger partial charge in [-0.05, 0) is 76.8 Å². The van der Waals surface area contributed by atoms with E-state index < -0.39 is 29.1 Å². The highest BCUT2D eigenvalue weighted by Gasteiger charge is 2.44. The van der Waals surface area contributed by atoms with Crippen molar-refractivity contribution in [3.63, 3.8) is 0 Å². The molecule has 1 unspecified atom stereocenters. The van der Waals surface area contributed by atoms with E-state index in [0.717, 1.165) is 10.1 Å². The van der Waals surface area contributed by atoms with E-state index >= 15 is 0 Å². The Bertz CT molecular complexity index is 1640. The van der Waals surface area contributed by atoms with E-state index in [0.29, 0.717) is 41.4 Å². The van der Waals surface area contributed by atoms with E-state index in [4.69, 9.17) is 9.47 Å². The Kier molecular flexibility index (Phi) is 6.79. The average molecular weight is 548 g/mol. The lowest BCUT2D eigenvalue weighted by atomic mass is 9.83. The number of benzene rings is 2. The van der Waals surface area contributed by atoms with Crippen molar-refractivity contribution in [1.29, 1.82) is 0 Å². The molecule has 0 N–H and O–H groups in total. The third kappa shape index (κ3) is 4.66. The fraction of sp³-hybridized carbons (Fsp3) is 0.379. The molecule has 1 atom stereocenters. The molecule has 2 aliphatic rings. The van der Waals surface area contributed by atoms with Crippen LogP contribution in [0.25, 0.3) is 5.69 Å². The van der Waals surface area contributed by atoms with Gasteiger partial charge in [0.2, 0.25) is 0 Å². The Morgan fingerprint density at radius 2 is 1.73 bits per heavy atom. The van der Waals surface area contributed by atoms with Crippen molar-refractivity contribution in [3.05, 3.63) is 86.2 Å². The van der Waals surface area contributed by atoms with Gasteiger partial charge in [0, 0.05) is 37.3 Å². The Hall–Kier alpha value is -4.38. The van der Waals surface area contributed by atoms with Crippen LogP contribution in [0.2, 0.25) is 0 Å². The molecule has 3 aromatic rings. The molecule has 2 aromatic carbocycles. The normalized spacial score (nSPS) is 16.8. The van der Waals surface area contributed by atoms with Crippen LogP contribution in [0.15, 0.2) is 63.7 Å². The molecule has 0 aliphatic carbocycles. The van der Waals surface area contributed by atoms with E-state index in [-0.39, 0.29) is 12.3 Å². The Morgan fingerprint density at radius 1 is 1.02 bits per heavy atom. The molecule has 11 nitrogen and oxygen atoms in total. The third-order valence-electron chi connectivity index (χ3n) is 7.35. The largest absolute Gasteiger partial charge is 0.483 e. The molecule has 0 saturated carbocycles. The van der Waals surface area contributed by atoms with Gasteiger partial charge in [0.05, 0.1) is 12.2 Å². The van der Waals surface area contributed by atoms with Gasteiger partial charge in [0.15, 0.2) is 5.78 Å². The summed E-state index contributed by atoms with van der Waals surface area (Å²) in [6.07, 6.45) is 1.43. The molecule has 210 valence electrons. The molecule has 0 radical (unpaired) electrons. The van der Waals surface area contributed by atoms with Gasteiger partial charge in [-0.3, -0.25) is 4.79 Å². The van der Waals surface area contributed by atoms with Gasteiger partial charge in [-0.25, -0.2) is 28.3 Å². The van der Waals surface area contributed by atoms with Crippen molar-refractivity contribution in [2.24, 2.45) is 0 Å². The molecule has 40 heavy (non-hydrogen) atoms. The molecule has 1 aromatic heterocycles. The van der Waals surface area contributed by atoms with Gasteiger partial charge in [-0.2, -0.15) is 0 Å². The lowest BCUT2D eigenvalue weighted by molar-refractivity contribution is 0.101. The second kappa shape index (κ2) is 9.98. The van der Waals surface area contributed by atoms with Crippen molar-refractivity contribution in [3.8, 4) is 17.2 Å². The smallest absolute Gasteiger partial charge is 0.415 e. The predicted molar refractivity (Wildman–Crippen MR) is 149 cm³/mol. The first kappa shape index (κ1) is 27.2. The number of allylic oxidation sites excluding steroid dienone is 1. The summed E-state index contributed by atoms with van der Waals surface area (Å²) in [5.74, 6) is 0.666. The molecule has 0 fully saturated rings. The van der Waals surface area contributed by atoms with Crippen LogP contribution < -0.4 is 20.9 Å². The summed E-state index contributed by atoms with van der Waals surface area (Å²) in [6, 6.07) is 10.9. The number of ketones is 1. The number of ether oxygens (including phenoxy) is 2. The lowest BCUT2D eigenvalue weighted by Crippen LogP contribution is -2.46. The van der Waals surface area contributed by atoms with Gasteiger partial charge < -0.3 is 19.3 Å². The van der Waals surface area contributed by atoms with Crippen LogP contribution in [-0.4, -0.2) is 75.4 Å². The molecular formula is C29H33N5O6. The minimum absolute atomic E-state index is 0.105. The number of hydrogen-bond acceptors (Lipinski definition) is 7. The van der Waals surface area contributed by atoms with Crippen molar-refractivity contribution in [1.82, 2.24) is 23.7 Å². The van der Waals surface area contributed by atoms with Crippen LogP contribution in [0.1, 0.15) is 42.7 Å². The zero-order valence-corrected chi connectivity index (χ0v) is 23.5. The van der Waals surface area contributed by atoms with Gasteiger partial charge in [-0.1, -0.05) is 6.08 Å². The molecule has 1 amide bonds. The third-order valence-corrected chi connectivity index (χ3v) is 7.35. The fourth-order valence-corrected chi connectivity index (χ4v) is 5.13. The van der Waals surface area contributed by atoms with E-state index in [9.17, 15) is 19.2 Å². The Balaban J connectivity index is 1.54. The van der Waals surface area contributed by atoms with E-state index in [1.807, 2.05) is 38.9 Å². The number of nitrogens with zero attached hydrogens (tertiary/aromatic N) is 5. The quantitative estimate of drug-likeness (QED) is 0.345. The number of likely N-dealkylation sites (N-methyl/N-ethyl adjacent to an activating group) is 2. The number of rotatable bonds is 6. The highest BCUT2D eigenvalue weighted by molar-refractivity contribution is 5.94. The van der Waals surface area contributed by atoms with E-state index in [2.05, 4.69) is 0 Å². The number of hydrogen-bond donors (Lipinski definition) is 0. The number of fused-ring (bicyclic) bond motifs is 5. The second-order valence-electron chi connectivity index (χ2n) is 10.9. The topological polar surface area (TPSA) is 108 Å². The molecule has 0 spiro atoms. The van der Waals surface area contributed by atoms with Crippen molar-refractivity contribution < 1.29 is 19.1 Å². The van der Waals surface area contributed by atoms with Crippen LogP contribution in [0.4, 0.5) is 4.79 Å². The van der Waals surface area contributed by atoms with Crippen LogP contribution in [0.5, 0.6) is 11.5 Å². The van der Waals surface area contributed by atoms with Crippen LogP contribution >= 0.6 is 0 Å². The zero-order valence-electron chi connectivity index (χ0n) is 23.5. The second-order valence-corrected chi connectivity index (χ2v) is 10.9. The first-order valence-electron chi connectivity index (χ1n) is 13.1. The van der Waals surface area contributed by atoms with E-state index in [1.54, 1.807) is 49.5 Å². The maximum Gasteiger partial charge on any atom is 0.415 e. The minimum Gasteiger partial charge on any atom is -0.483 e. The van der Waals surface area contributed by atoms with E-state index in [1.165, 1.54) is 21.2 Å². The summed E-state index contributed by atoms with van der Waals surface area (Å²) in [5, 5.41) is 0. The highest BCUT2D eigenvalue weighted by Crippen LogP contribution is 2.47. The summed E-state index contributed by atoms with van der Waals surface area (Å²) in [4.78, 5) is 55.1. The molecule has 11 heteroatoms. The number of carbonyl (C=O) groups excluding carboxylic acids is 2. The minimum atomic E-state index is -0.797. The SMILES string of the molecule is CC(=O)c1ccc(-n2c(=O)n3n(c2=O)C2C(=CC3)C(C)(C)Oc3cc(OC(=O)N(C)CCN(C)C)ccc32)cc1. The molecule has 2 aliphatic heterocycles. The summed E-state index contributed by atoms with van der Waals surface area (Å²) < 4.78 is 15.9. The number of carbonyl (C=O) groups is 2. The zero-order chi connectivity index (χ0) is 28.9. The molecule has 0 bridgehead atoms. The summed E-state index contributed by atoms with van der Waals surface area (Å²) >= 11 is 0. The predicted octanol–water partition coefficient (Wildman–Crippen LogP) is 2.70. The summed E-state index contributed by atoms with van der Waals surface area (Å²) in [7, 11) is 5.53. The summed E-state index contributed by atoms with van der Waals surface area (Å²) in [5.41, 5.74) is 0.610. The number of Topliss-reactive ketones (excluding diaryl/α,β-unsaturated/α-hetero) is 1. The number of amides is 1. The van der Waals surface area contributed by atoms with Crippen molar-refractivity contribution in [2.75, 3.05) is 34.2 Å². The van der Waals surface area contributed by atoms with Crippen LogP contribution in [-0.2, 0) is 6.54 Å². The molecule has 3 heterocycles. The standard InChI is InChI=1S/C29H33N5O6/c1-18(35)19-7-9-20(10-8-19)33-26(36)32-14-13-23-25(34(32)27(33)37)22-12-11-21(17-24(22)40-29(23,2)3)39-28(38)31(6)16-15-30(4)5/h7-13,17,25H,14-16H2,1-6H3. The fourth-order valence-electron chi connectivity index (χ4n) is 5.13. The summed E-state index contributed by atoms with van der Waals surface area (Å²) in [6.45, 7) is 6.67. The van der Waals surface area contributed by atoms with Crippen molar-refractivity contribution in [2.45, 2.75) is 39.0 Å². The Labute approximate surface area is 231 Å². The maximum atomic E-state index is 13.8. The lowest BCUT2D eigenvalue weighted by Gasteiger charge is -2.42. The average Bonchev–Trinajstić information content (AvgIpc) is 3.16. The van der Waals surface area contributed by atoms with Crippen LogP contribution in [0.3, 0.4) is 0 Å². The van der Waals surface area contributed by atoms with Gasteiger partial charge in [0.25, 0.3) is 0 Å². The highest BCUT2D eigenvalue weighted by atomic mass is 16.6. The Morgan fingerprint density at radius 3 is 2.38 bits per heavy atom. The number of aromatic nitrogens is 3. The molecular weight excluding hydrogens is 514 g/mol. The van der Waals surface area contributed by atoms with Gasteiger partial charge in [0.1, 0.15) is 23.1 Å². The first-order valence-corrected chi connectivity index (χ1v) is 13.1. The van der Waals surface area contributed by atoms with Crippen LogP contribution in [0, 0.1) is 0 Å². The molecule has 5 rings (SSSR count). The maximum absolute atomic E-state index is 13.8. The van der Waals surface area contributed by atoms with Gasteiger partial charge >= 0.3 is 17.5 Å². The molecule has 0 saturated heterocycles. The van der Waals surface area contributed by atoms with Crippen molar-refractivity contribution >= 4 is 11.9 Å². The van der Waals surface area contributed by atoms with Gasteiger partial charge in [-0.15, -0.1) is 0 Å².